The summed E-state index contributed by atoms with van der Waals surface area (Å²) in [6.45, 7) is 0.647. The minimum absolute atomic E-state index is 0.00152. The number of fused-ring (bicyclic) bond motifs is 1. The molecule has 114 valence electrons. The average Bonchev–Trinajstić information content (AvgIpc) is 2.76. The SMILES string of the molecule is O=C(O)c1cc(S(=O)(=O)N2C[C@H]3C[C@@H](O)[C@H]3C2)ccc1Cl. The van der Waals surface area contributed by atoms with Gasteiger partial charge in [0.25, 0.3) is 0 Å². The maximum atomic E-state index is 12.6. The highest BCUT2D eigenvalue weighted by Crippen LogP contribution is 2.42. The van der Waals surface area contributed by atoms with E-state index in [1.807, 2.05) is 0 Å². The molecule has 8 heteroatoms. The molecule has 0 amide bonds. The molecule has 0 unspecified atom stereocenters. The van der Waals surface area contributed by atoms with Gasteiger partial charge in [0.05, 0.1) is 21.6 Å². The molecule has 1 heterocycles. The van der Waals surface area contributed by atoms with Crippen LogP contribution in [0.1, 0.15) is 16.8 Å². The third-order valence-electron chi connectivity index (χ3n) is 4.30. The topological polar surface area (TPSA) is 94.9 Å². The maximum Gasteiger partial charge on any atom is 0.337 e. The van der Waals surface area contributed by atoms with Crippen molar-refractivity contribution in [2.45, 2.75) is 17.4 Å². The second kappa shape index (κ2) is 4.95. The standard InChI is InChI=1S/C13H14ClNO5S/c14-11-2-1-8(4-9(11)13(17)18)21(19,20)15-5-7-3-12(16)10(7)6-15/h1-2,4,7,10,12,16H,3,5-6H2,(H,17,18)/t7-,10+,12-/m1/s1. The van der Waals surface area contributed by atoms with E-state index >= 15 is 0 Å². The highest BCUT2D eigenvalue weighted by atomic mass is 35.5. The van der Waals surface area contributed by atoms with Crippen LogP contribution >= 0.6 is 11.6 Å². The third-order valence-corrected chi connectivity index (χ3v) is 6.46. The molecule has 2 fully saturated rings. The molecule has 0 spiro atoms. The number of rotatable bonds is 3. The van der Waals surface area contributed by atoms with E-state index in [0.717, 1.165) is 6.07 Å². The van der Waals surface area contributed by atoms with Crippen molar-refractivity contribution in [3.8, 4) is 0 Å². The first-order valence-electron chi connectivity index (χ1n) is 6.52. The first-order valence-corrected chi connectivity index (χ1v) is 8.33. The van der Waals surface area contributed by atoms with Gasteiger partial charge in [-0.25, -0.2) is 13.2 Å². The highest BCUT2D eigenvalue weighted by Gasteiger charge is 2.49. The molecular formula is C13H14ClNO5S. The Morgan fingerprint density at radius 1 is 1.33 bits per heavy atom. The molecule has 0 radical (unpaired) electrons. The molecule has 1 aliphatic heterocycles. The lowest BCUT2D eigenvalue weighted by molar-refractivity contribution is -0.00416. The fourth-order valence-corrected chi connectivity index (χ4v) is 4.76. The van der Waals surface area contributed by atoms with Crippen LogP contribution in [0.4, 0.5) is 0 Å². The fourth-order valence-electron chi connectivity index (χ4n) is 3.00. The van der Waals surface area contributed by atoms with Gasteiger partial charge in [0.2, 0.25) is 10.0 Å². The van der Waals surface area contributed by atoms with Gasteiger partial charge in [-0.15, -0.1) is 0 Å². The Bertz CT molecular complexity index is 705. The van der Waals surface area contributed by atoms with Crippen LogP contribution in [0.5, 0.6) is 0 Å². The fraction of sp³-hybridized carbons (Fsp3) is 0.462. The summed E-state index contributed by atoms with van der Waals surface area (Å²) in [5.41, 5.74) is -0.236. The first kappa shape index (κ1) is 14.8. The van der Waals surface area contributed by atoms with Crippen LogP contribution in [0.15, 0.2) is 23.1 Å². The van der Waals surface area contributed by atoms with Gasteiger partial charge in [0, 0.05) is 19.0 Å². The number of benzene rings is 1. The molecule has 1 saturated carbocycles. The zero-order valence-electron chi connectivity index (χ0n) is 10.9. The van der Waals surface area contributed by atoms with Crippen LogP contribution < -0.4 is 0 Å². The predicted molar refractivity (Wildman–Crippen MR) is 74.8 cm³/mol. The van der Waals surface area contributed by atoms with Crippen molar-refractivity contribution in [3.63, 3.8) is 0 Å². The molecule has 3 rings (SSSR count). The molecule has 1 saturated heterocycles. The molecule has 1 aromatic rings. The molecule has 1 aromatic carbocycles. The Labute approximate surface area is 127 Å². The van der Waals surface area contributed by atoms with Crippen LogP contribution in [0.3, 0.4) is 0 Å². The maximum absolute atomic E-state index is 12.6. The second-order valence-electron chi connectivity index (χ2n) is 5.50. The van der Waals surface area contributed by atoms with Gasteiger partial charge in [-0.2, -0.15) is 4.31 Å². The molecule has 1 aliphatic carbocycles. The lowest BCUT2D eigenvalue weighted by Crippen LogP contribution is -2.39. The van der Waals surface area contributed by atoms with Crippen molar-refractivity contribution in [1.82, 2.24) is 4.31 Å². The summed E-state index contributed by atoms with van der Waals surface area (Å²) in [5.74, 6) is -1.08. The molecule has 2 N–H and O–H groups in total. The quantitative estimate of drug-likeness (QED) is 0.863. The van der Waals surface area contributed by atoms with E-state index in [1.165, 1.54) is 16.4 Å². The van der Waals surface area contributed by atoms with Crippen molar-refractivity contribution in [3.05, 3.63) is 28.8 Å². The monoisotopic (exact) mass is 331 g/mol. The number of halogens is 1. The molecule has 3 atom stereocenters. The van der Waals surface area contributed by atoms with Crippen LogP contribution in [-0.4, -0.2) is 48.1 Å². The van der Waals surface area contributed by atoms with Gasteiger partial charge in [-0.1, -0.05) is 11.6 Å². The van der Waals surface area contributed by atoms with E-state index in [-0.39, 0.29) is 33.9 Å². The zero-order valence-corrected chi connectivity index (χ0v) is 12.5. The second-order valence-corrected chi connectivity index (χ2v) is 7.84. The number of carbonyl (C=O) groups is 1. The lowest BCUT2D eigenvalue weighted by atomic mass is 9.74. The zero-order chi connectivity index (χ0) is 15.4. The van der Waals surface area contributed by atoms with Crippen LogP contribution in [-0.2, 0) is 10.0 Å². The summed E-state index contributed by atoms with van der Waals surface area (Å²) in [7, 11) is -3.76. The van der Waals surface area contributed by atoms with Crippen LogP contribution in [0, 0.1) is 11.8 Å². The average molecular weight is 332 g/mol. The molecular weight excluding hydrogens is 318 g/mol. The Balaban J connectivity index is 1.92. The number of aromatic carboxylic acids is 1. The van der Waals surface area contributed by atoms with Gasteiger partial charge in [0.15, 0.2) is 0 Å². The van der Waals surface area contributed by atoms with E-state index in [9.17, 15) is 18.3 Å². The van der Waals surface area contributed by atoms with Gasteiger partial charge in [-0.3, -0.25) is 0 Å². The number of carboxylic acid groups (broad SMARTS) is 1. The molecule has 0 bridgehead atoms. The normalized spacial score (nSPS) is 29.0. The van der Waals surface area contributed by atoms with Crippen molar-refractivity contribution in [1.29, 1.82) is 0 Å². The number of carboxylic acids is 1. The molecule has 21 heavy (non-hydrogen) atoms. The Morgan fingerprint density at radius 2 is 2.05 bits per heavy atom. The van der Waals surface area contributed by atoms with Crippen LogP contribution in [0.25, 0.3) is 0 Å². The first-order chi connectivity index (χ1) is 9.80. The van der Waals surface area contributed by atoms with Gasteiger partial charge < -0.3 is 10.2 Å². The van der Waals surface area contributed by atoms with Crippen LogP contribution in [0.2, 0.25) is 5.02 Å². The summed E-state index contributed by atoms with van der Waals surface area (Å²) in [5, 5.41) is 18.6. The lowest BCUT2D eigenvalue weighted by Gasteiger charge is -2.34. The third kappa shape index (κ3) is 2.34. The number of nitrogens with zero attached hydrogens (tertiary/aromatic N) is 1. The summed E-state index contributed by atoms with van der Waals surface area (Å²) in [4.78, 5) is 11.0. The van der Waals surface area contributed by atoms with Crippen molar-refractivity contribution in [2.75, 3.05) is 13.1 Å². The van der Waals surface area contributed by atoms with E-state index in [4.69, 9.17) is 16.7 Å². The smallest absolute Gasteiger partial charge is 0.337 e. The summed E-state index contributed by atoms with van der Waals surface area (Å²) in [6, 6.07) is 3.66. The predicted octanol–water partition coefficient (Wildman–Crippen LogP) is 1.04. The van der Waals surface area contributed by atoms with Gasteiger partial charge >= 0.3 is 5.97 Å². The van der Waals surface area contributed by atoms with E-state index in [0.29, 0.717) is 13.0 Å². The van der Waals surface area contributed by atoms with E-state index < -0.39 is 22.1 Å². The summed E-state index contributed by atoms with van der Waals surface area (Å²) < 4.78 is 26.4. The molecule has 2 aliphatic rings. The highest BCUT2D eigenvalue weighted by molar-refractivity contribution is 7.89. The Morgan fingerprint density at radius 3 is 2.62 bits per heavy atom. The van der Waals surface area contributed by atoms with Crippen molar-refractivity contribution >= 4 is 27.6 Å². The van der Waals surface area contributed by atoms with Crippen molar-refractivity contribution in [2.24, 2.45) is 11.8 Å². The van der Waals surface area contributed by atoms with E-state index in [2.05, 4.69) is 0 Å². The molecule has 0 aromatic heterocycles. The molecule has 6 nitrogen and oxygen atoms in total. The number of aliphatic hydroxyl groups excluding tert-OH is 1. The number of hydrogen-bond acceptors (Lipinski definition) is 4. The minimum atomic E-state index is -3.76. The van der Waals surface area contributed by atoms with Crippen molar-refractivity contribution < 1.29 is 23.4 Å². The number of sulfonamides is 1. The minimum Gasteiger partial charge on any atom is -0.478 e. The largest absolute Gasteiger partial charge is 0.478 e. The van der Waals surface area contributed by atoms with Gasteiger partial charge in [-0.05, 0) is 30.5 Å². The number of hydrogen-bond donors (Lipinski definition) is 2. The Kier molecular flexibility index (Phi) is 3.48. The Hall–Kier alpha value is -1.15. The summed E-state index contributed by atoms with van der Waals surface area (Å²) >= 11 is 5.75. The van der Waals surface area contributed by atoms with Gasteiger partial charge in [0.1, 0.15) is 0 Å². The van der Waals surface area contributed by atoms with E-state index in [1.54, 1.807) is 0 Å². The number of aliphatic hydroxyl groups is 1. The summed E-state index contributed by atoms with van der Waals surface area (Å²) in [6.07, 6.45) is 0.188.